The SMILES string of the molecule is CCOC(=O)C#Cc1cc(C#N)ccc1N. The van der Waals surface area contributed by atoms with Gasteiger partial charge in [0.05, 0.1) is 18.2 Å². The highest BCUT2D eigenvalue weighted by molar-refractivity contribution is 5.89. The summed E-state index contributed by atoms with van der Waals surface area (Å²) in [6.45, 7) is 1.98. The van der Waals surface area contributed by atoms with E-state index < -0.39 is 5.97 Å². The van der Waals surface area contributed by atoms with Gasteiger partial charge in [-0.3, -0.25) is 0 Å². The van der Waals surface area contributed by atoms with Gasteiger partial charge in [0.25, 0.3) is 0 Å². The lowest BCUT2D eigenvalue weighted by atomic mass is 10.1. The summed E-state index contributed by atoms with van der Waals surface area (Å²) in [6.07, 6.45) is 0. The summed E-state index contributed by atoms with van der Waals surface area (Å²) in [5.41, 5.74) is 6.96. The minimum atomic E-state index is -0.607. The van der Waals surface area contributed by atoms with Crippen LogP contribution in [0.3, 0.4) is 0 Å². The lowest BCUT2D eigenvalue weighted by Gasteiger charge is -1.97. The Bertz CT molecular complexity index is 504. The van der Waals surface area contributed by atoms with Crippen LogP contribution in [0, 0.1) is 23.2 Å². The van der Waals surface area contributed by atoms with Crippen LogP contribution < -0.4 is 5.73 Å². The molecular formula is C12H10N2O2. The molecule has 0 aliphatic heterocycles. The molecule has 0 aliphatic carbocycles. The summed E-state index contributed by atoms with van der Waals surface area (Å²) >= 11 is 0. The molecule has 0 amide bonds. The van der Waals surface area contributed by atoms with E-state index in [0.717, 1.165) is 0 Å². The van der Waals surface area contributed by atoms with E-state index in [0.29, 0.717) is 16.8 Å². The highest BCUT2D eigenvalue weighted by Gasteiger charge is 1.99. The lowest BCUT2D eigenvalue weighted by molar-refractivity contribution is -0.136. The summed E-state index contributed by atoms with van der Waals surface area (Å²) in [6, 6.07) is 6.66. The number of hydrogen-bond donors (Lipinski definition) is 1. The van der Waals surface area contributed by atoms with Crippen molar-refractivity contribution < 1.29 is 9.53 Å². The molecule has 4 heteroatoms. The molecule has 1 rings (SSSR count). The molecule has 0 unspecified atom stereocenters. The van der Waals surface area contributed by atoms with E-state index in [9.17, 15) is 4.79 Å². The van der Waals surface area contributed by atoms with Gasteiger partial charge in [0, 0.05) is 17.2 Å². The van der Waals surface area contributed by atoms with Crippen LogP contribution >= 0.6 is 0 Å². The second-order valence-corrected chi connectivity index (χ2v) is 2.88. The molecule has 1 aromatic rings. The van der Waals surface area contributed by atoms with Crippen molar-refractivity contribution >= 4 is 11.7 Å². The fourth-order valence-corrected chi connectivity index (χ4v) is 1.02. The molecule has 0 saturated carbocycles. The van der Waals surface area contributed by atoms with Crippen LogP contribution in [0.4, 0.5) is 5.69 Å². The van der Waals surface area contributed by atoms with E-state index in [1.807, 2.05) is 6.07 Å². The minimum Gasteiger partial charge on any atom is -0.456 e. The molecule has 0 spiro atoms. The summed E-state index contributed by atoms with van der Waals surface area (Å²) in [5.74, 6) is 4.26. The Kier molecular flexibility index (Phi) is 3.94. The summed E-state index contributed by atoms with van der Waals surface area (Å²) in [7, 11) is 0. The predicted molar refractivity (Wildman–Crippen MR) is 59.1 cm³/mol. The van der Waals surface area contributed by atoms with Crippen molar-refractivity contribution in [2.75, 3.05) is 12.3 Å². The molecule has 0 heterocycles. The van der Waals surface area contributed by atoms with Crippen LogP contribution in [-0.2, 0) is 9.53 Å². The fourth-order valence-electron chi connectivity index (χ4n) is 1.02. The molecule has 0 aromatic heterocycles. The van der Waals surface area contributed by atoms with Crippen molar-refractivity contribution in [2.45, 2.75) is 6.92 Å². The van der Waals surface area contributed by atoms with Gasteiger partial charge in [-0.05, 0) is 25.1 Å². The first kappa shape index (κ1) is 11.6. The normalized spacial score (nSPS) is 8.50. The number of benzene rings is 1. The molecule has 80 valence electrons. The average Bonchev–Trinajstić information content (AvgIpc) is 2.28. The number of anilines is 1. The molecule has 0 bridgehead atoms. The van der Waals surface area contributed by atoms with Crippen molar-refractivity contribution in [3.8, 4) is 17.9 Å². The highest BCUT2D eigenvalue weighted by Crippen LogP contribution is 2.12. The molecule has 16 heavy (non-hydrogen) atoms. The first-order chi connectivity index (χ1) is 7.67. The number of nitrogens with two attached hydrogens (primary N) is 1. The Labute approximate surface area is 93.6 Å². The van der Waals surface area contributed by atoms with E-state index in [2.05, 4.69) is 16.6 Å². The van der Waals surface area contributed by atoms with E-state index in [-0.39, 0.29) is 6.61 Å². The molecule has 0 fully saturated rings. The zero-order valence-corrected chi connectivity index (χ0v) is 8.78. The average molecular weight is 214 g/mol. The van der Waals surface area contributed by atoms with Gasteiger partial charge < -0.3 is 10.5 Å². The number of ether oxygens (including phenoxy) is 1. The molecular weight excluding hydrogens is 204 g/mol. The third-order valence-corrected chi connectivity index (χ3v) is 1.76. The Morgan fingerprint density at radius 3 is 2.94 bits per heavy atom. The first-order valence-corrected chi connectivity index (χ1v) is 4.65. The topological polar surface area (TPSA) is 76.1 Å². The van der Waals surface area contributed by atoms with Crippen molar-refractivity contribution in [1.82, 2.24) is 0 Å². The maximum atomic E-state index is 11.0. The number of esters is 1. The molecule has 4 nitrogen and oxygen atoms in total. The van der Waals surface area contributed by atoms with Gasteiger partial charge in [0.15, 0.2) is 0 Å². The van der Waals surface area contributed by atoms with E-state index in [4.69, 9.17) is 11.0 Å². The number of hydrogen-bond acceptors (Lipinski definition) is 4. The fraction of sp³-hybridized carbons (Fsp3) is 0.167. The van der Waals surface area contributed by atoms with Gasteiger partial charge in [-0.25, -0.2) is 4.79 Å². The Morgan fingerprint density at radius 1 is 1.56 bits per heavy atom. The number of carbonyl (C=O) groups is 1. The van der Waals surface area contributed by atoms with E-state index >= 15 is 0 Å². The van der Waals surface area contributed by atoms with Crippen molar-refractivity contribution in [1.29, 1.82) is 5.26 Å². The van der Waals surface area contributed by atoms with Gasteiger partial charge in [-0.15, -0.1) is 0 Å². The molecule has 0 aliphatic rings. The Hall–Kier alpha value is -2.46. The van der Waals surface area contributed by atoms with Crippen LogP contribution in [0.5, 0.6) is 0 Å². The van der Waals surface area contributed by atoms with Crippen molar-refractivity contribution in [3.63, 3.8) is 0 Å². The first-order valence-electron chi connectivity index (χ1n) is 4.65. The molecule has 0 saturated heterocycles. The number of rotatable bonds is 1. The van der Waals surface area contributed by atoms with E-state index in [1.54, 1.807) is 19.1 Å². The lowest BCUT2D eigenvalue weighted by Crippen LogP contribution is -2.00. The summed E-state index contributed by atoms with van der Waals surface area (Å²) in [5, 5.41) is 8.68. The van der Waals surface area contributed by atoms with Crippen molar-refractivity contribution in [3.05, 3.63) is 29.3 Å². The number of nitrogens with zero attached hydrogens (tertiary/aromatic N) is 1. The second-order valence-electron chi connectivity index (χ2n) is 2.88. The summed E-state index contributed by atoms with van der Waals surface area (Å²) in [4.78, 5) is 11.0. The Balaban J connectivity index is 2.96. The maximum absolute atomic E-state index is 11.0. The highest BCUT2D eigenvalue weighted by atomic mass is 16.5. The van der Waals surface area contributed by atoms with Crippen molar-refractivity contribution in [2.24, 2.45) is 0 Å². The molecule has 0 atom stereocenters. The smallest absolute Gasteiger partial charge is 0.384 e. The van der Waals surface area contributed by atoms with Crippen LogP contribution in [0.2, 0.25) is 0 Å². The number of carbonyl (C=O) groups excluding carboxylic acids is 1. The van der Waals surface area contributed by atoms with Crippen LogP contribution in [0.15, 0.2) is 18.2 Å². The zero-order valence-electron chi connectivity index (χ0n) is 8.78. The predicted octanol–water partition coefficient (Wildman–Crippen LogP) is 1.06. The number of nitriles is 1. The van der Waals surface area contributed by atoms with Gasteiger partial charge in [0.2, 0.25) is 0 Å². The Morgan fingerprint density at radius 2 is 2.31 bits per heavy atom. The maximum Gasteiger partial charge on any atom is 0.384 e. The third-order valence-electron chi connectivity index (χ3n) is 1.76. The van der Waals surface area contributed by atoms with Gasteiger partial charge in [-0.1, -0.05) is 5.92 Å². The van der Waals surface area contributed by atoms with E-state index in [1.165, 1.54) is 6.07 Å². The summed E-state index contributed by atoms with van der Waals surface area (Å²) < 4.78 is 4.64. The standard InChI is InChI=1S/C12H10N2O2/c1-2-16-12(15)6-4-10-7-9(8-13)3-5-11(10)14/h3,5,7H,2,14H2,1H3. The largest absolute Gasteiger partial charge is 0.456 e. The monoisotopic (exact) mass is 214 g/mol. The number of nitrogen functional groups attached to an aromatic ring is 1. The van der Waals surface area contributed by atoms with Crippen LogP contribution in [0.1, 0.15) is 18.1 Å². The third kappa shape index (κ3) is 3.04. The van der Waals surface area contributed by atoms with Gasteiger partial charge >= 0.3 is 5.97 Å². The van der Waals surface area contributed by atoms with Crippen LogP contribution in [-0.4, -0.2) is 12.6 Å². The van der Waals surface area contributed by atoms with Gasteiger partial charge in [0.1, 0.15) is 0 Å². The second kappa shape index (κ2) is 5.43. The molecule has 0 radical (unpaired) electrons. The zero-order chi connectivity index (χ0) is 12.0. The molecule has 1 aromatic carbocycles. The molecule has 2 N–H and O–H groups in total. The van der Waals surface area contributed by atoms with Crippen LogP contribution in [0.25, 0.3) is 0 Å². The quantitative estimate of drug-likeness (QED) is 0.430. The van der Waals surface area contributed by atoms with Gasteiger partial charge in [-0.2, -0.15) is 5.26 Å². The minimum absolute atomic E-state index is 0.279.